The molecule has 0 fully saturated rings. The molecule has 28 heavy (non-hydrogen) atoms. The van der Waals surface area contributed by atoms with Crippen molar-refractivity contribution in [3.63, 3.8) is 0 Å². The Balaban J connectivity index is 1.64. The lowest BCUT2D eigenvalue weighted by Crippen LogP contribution is -2.45. The molecule has 1 N–H and O–H groups in total. The molecule has 0 radical (unpaired) electrons. The summed E-state index contributed by atoms with van der Waals surface area (Å²) < 4.78 is 6.98. The van der Waals surface area contributed by atoms with Crippen LogP contribution in [-0.2, 0) is 18.4 Å². The molecule has 3 rings (SSSR count). The number of thiophene rings is 1. The Morgan fingerprint density at radius 2 is 2.11 bits per heavy atom. The Kier molecular flexibility index (Phi) is 5.69. The van der Waals surface area contributed by atoms with E-state index in [1.807, 2.05) is 44.3 Å². The van der Waals surface area contributed by atoms with Gasteiger partial charge in [0.05, 0.1) is 17.7 Å². The lowest BCUT2D eigenvalue weighted by atomic mass is 10.2. The largest absolute Gasteiger partial charge is 0.497 e. The summed E-state index contributed by atoms with van der Waals surface area (Å²) in [6.07, 6.45) is 0. The Hall–Kier alpha value is -2.87. The third kappa shape index (κ3) is 4.01. The van der Waals surface area contributed by atoms with Gasteiger partial charge in [-0.25, -0.2) is 0 Å². The van der Waals surface area contributed by atoms with Gasteiger partial charge in [-0.05, 0) is 37.6 Å². The average molecular weight is 401 g/mol. The number of fused-ring (bicyclic) bond motifs is 1. The fourth-order valence-electron chi connectivity index (χ4n) is 3.10. The van der Waals surface area contributed by atoms with Crippen molar-refractivity contribution < 1.29 is 14.3 Å². The SMILES string of the molecule is COc1cccc(CN(C)C(=O)[C@@H](C)NC(=O)c2cc3c(C)nn(C)c3s2)c1. The van der Waals surface area contributed by atoms with Crippen LogP contribution in [0.1, 0.15) is 27.9 Å². The maximum Gasteiger partial charge on any atom is 0.262 e. The number of ether oxygens (including phenoxy) is 1. The molecule has 2 heterocycles. The van der Waals surface area contributed by atoms with Gasteiger partial charge in [0.15, 0.2) is 0 Å². The number of carbonyl (C=O) groups is 2. The summed E-state index contributed by atoms with van der Waals surface area (Å²) >= 11 is 1.37. The van der Waals surface area contributed by atoms with Gasteiger partial charge in [-0.15, -0.1) is 11.3 Å². The first kappa shape index (κ1) is 19.9. The fraction of sp³-hybridized carbons (Fsp3) is 0.350. The van der Waals surface area contributed by atoms with Crippen LogP contribution < -0.4 is 10.1 Å². The third-order valence-electron chi connectivity index (χ3n) is 4.57. The number of methoxy groups -OCH3 is 1. The lowest BCUT2D eigenvalue weighted by Gasteiger charge is -2.22. The highest BCUT2D eigenvalue weighted by Crippen LogP contribution is 2.27. The average Bonchev–Trinajstić information content (AvgIpc) is 3.22. The van der Waals surface area contributed by atoms with E-state index in [9.17, 15) is 9.59 Å². The van der Waals surface area contributed by atoms with Crippen molar-refractivity contribution >= 4 is 33.4 Å². The number of aromatic nitrogens is 2. The van der Waals surface area contributed by atoms with Gasteiger partial charge in [-0.2, -0.15) is 5.10 Å². The smallest absolute Gasteiger partial charge is 0.262 e. The van der Waals surface area contributed by atoms with Crippen LogP contribution in [0.2, 0.25) is 0 Å². The van der Waals surface area contributed by atoms with E-state index in [1.54, 1.807) is 30.7 Å². The molecule has 0 aliphatic heterocycles. The van der Waals surface area contributed by atoms with Gasteiger partial charge in [0, 0.05) is 26.0 Å². The number of hydrogen-bond donors (Lipinski definition) is 1. The first-order valence-corrected chi connectivity index (χ1v) is 9.73. The molecule has 1 aromatic carbocycles. The Bertz CT molecular complexity index is 989. The summed E-state index contributed by atoms with van der Waals surface area (Å²) in [4.78, 5) is 28.4. The molecular weight excluding hydrogens is 376 g/mol. The summed E-state index contributed by atoms with van der Waals surface area (Å²) in [5.74, 6) is 0.334. The number of nitrogens with zero attached hydrogens (tertiary/aromatic N) is 3. The molecule has 1 atom stereocenters. The maximum absolute atomic E-state index is 12.7. The molecule has 2 amide bonds. The van der Waals surface area contributed by atoms with E-state index in [4.69, 9.17) is 4.74 Å². The van der Waals surface area contributed by atoms with Gasteiger partial charge < -0.3 is 15.0 Å². The molecule has 0 aliphatic carbocycles. The molecule has 0 spiro atoms. The van der Waals surface area contributed by atoms with Crippen LogP contribution in [0.5, 0.6) is 5.75 Å². The fourth-order valence-corrected chi connectivity index (χ4v) is 4.13. The first-order valence-electron chi connectivity index (χ1n) is 8.92. The number of amides is 2. The van der Waals surface area contributed by atoms with Crippen LogP contribution in [0.15, 0.2) is 30.3 Å². The third-order valence-corrected chi connectivity index (χ3v) is 5.77. The zero-order chi connectivity index (χ0) is 20.4. The quantitative estimate of drug-likeness (QED) is 0.690. The normalized spacial score (nSPS) is 12.0. The summed E-state index contributed by atoms with van der Waals surface area (Å²) in [6, 6.07) is 8.76. The summed E-state index contributed by atoms with van der Waals surface area (Å²) in [6.45, 7) is 4.04. The summed E-state index contributed by atoms with van der Waals surface area (Å²) in [5.41, 5.74) is 1.84. The van der Waals surface area contributed by atoms with Crippen LogP contribution in [-0.4, -0.2) is 46.7 Å². The van der Waals surface area contributed by atoms with Crippen molar-refractivity contribution in [3.8, 4) is 5.75 Å². The molecule has 3 aromatic rings. The molecule has 7 nitrogen and oxygen atoms in total. The minimum Gasteiger partial charge on any atom is -0.497 e. The van der Waals surface area contributed by atoms with Gasteiger partial charge in [-0.3, -0.25) is 14.3 Å². The highest BCUT2D eigenvalue weighted by molar-refractivity contribution is 7.20. The molecule has 0 saturated carbocycles. The highest BCUT2D eigenvalue weighted by Gasteiger charge is 2.22. The Morgan fingerprint density at radius 3 is 2.79 bits per heavy atom. The predicted molar refractivity (Wildman–Crippen MR) is 110 cm³/mol. The number of likely N-dealkylation sites (N-methyl/N-ethyl adjacent to an activating group) is 1. The van der Waals surface area contributed by atoms with Crippen molar-refractivity contribution in [2.75, 3.05) is 14.2 Å². The van der Waals surface area contributed by atoms with Crippen LogP contribution in [0.3, 0.4) is 0 Å². The number of benzene rings is 1. The summed E-state index contributed by atoms with van der Waals surface area (Å²) in [7, 11) is 5.18. The van der Waals surface area contributed by atoms with E-state index < -0.39 is 6.04 Å². The Labute approximate surface area is 167 Å². The van der Waals surface area contributed by atoms with Gasteiger partial charge in [0.1, 0.15) is 16.6 Å². The Morgan fingerprint density at radius 1 is 1.36 bits per heavy atom. The van der Waals surface area contributed by atoms with E-state index in [1.165, 1.54) is 11.3 Å². The second kappa shape index (κ2) is 8.02. The molecule has 148 valence electrons. The van der Waals surface area contributed by atoms with Crippen molar-refractivity contribution in [2.24, 2.45) is 7.05 Å². The monoisotopic (exact) mass is 400 g/mol. The van der Waals surface area contributed by atoms with Gasteiger partial charge in [0.2, 0.25) is 5.91 Å². The minimum atomic E-state index is -0.632. The molecular formula is C20H24N4O3S. The van der Waals surface area contributed by atoms with E-state index in [-0.39, 0.29) is 11.8 Å². The number of nitrogens with one attached hydrogen (secondary N) is 1. The number of hydrogen-bond acceptors (Lipinski definition) is 5. The van der Waals surface area contributed by atoms with Gasteiger partial charge >= 0.3 is 0 Å². The van der Waals surface area contributed by atoms with E-state index >= 15 is 0 Å². The van der Waals surface area contributed by atoms with Gasteiger partial charge in [0.25, 0.3) is 5.91 Å². The summed E-state index contributed by atoms with van der Waals surface area (Å²) in [5, 5.41) is 8.11. The molecule has 0 bridgehead atoms. The minimum absolute atomic E-state index is 0.157. The molecule has 8 heteroatoms. The highest BCUT2D eigenvalue weighted by atomic mass is 32.1. The van der Waals surface area contributed by atoms with Crippen LogP contribution in [0.4, 0.5) is 0 Å². The number of carbonyl (C=O) groups excluding carboxylic acids is 2. The topological polar surface area (TPSA) is 76.5 Å². The predicted octanol–water partition coefficient (Wildman–Crippen LogP) is 2.73. The van der Waals surface area contributed by atoms with Crippen molar-refractivity contribution in [1.82, 2.24) is 20.0 Å². The van der Waals surface area contributed by atoms with E-state index in [2.05, 4.69) is 10.4 Å². The first-order chi connectivity index (χ1) is 13.3. The van der Waals surface area contributed by atoms with E-state index in [0.29, 0.717) is 11.4 Å². The zero-order valence-corrected chi connectivity index (χ0v) is 17.5. The van der Waals surface area contributed by atoms with Crippen LogP contribution in [0, 0.1) is 6.92 Å². The molecule has 2 aromatic heterocycles. The van der Waals surface area contributed by atoms with Crippen LogP contribution >= 0.6 is 11.3 Å². The van der Waals surface area contributed by atoms with Crippen LogP contribution in [0.25, 0.3) is 10.2 Å². The zero-order valence-electron chi connectivity index (χ0n) is 16.6. The molecule has 0 saturated heterocycles. The molecule has 0 unspecified atom stereocenters. The lowest BCUT2D eigenvalue weighted by molar-refractivity contribution is -0.132. The van der Waals surface area contributed by atoms with E-state index in [0.717, 1.165) is 27.2 Å². The van der Waals surface area contributed by atoms with Crippen molar-refractivity contribution in [1.29, 1.82) is 0 Å². The second-order valence-electron chi connectivity index (χ2n) is 6.78. The molecule has 0 aliphatic rings. The number of aryl methyl sites for hydroxylation is 2. The second-order valence-corrected chi connectivity index (χ2v) is 7.81. The van der Waals surface area contributed by atoms with Crippen molar-refractivity contribution in [3.05, 3.63) is 46.5 Å². The maximum atomic E-state index is 12.7. The number of rotatable bonds is 6. The van der Waals surface area contributed by atoms with Gasteiger partial charge in [-0.1, -0.05) is 12.1 Å². The standard InChI is InChI=1S/C20H24N4O3S/c1-12-16-10-17(28-20(16)24(4)22-12)18(25)21-13(2)19(26)23(3)11-14-7-6-8-15(9-14)27-5/h6-10,13H,11H2,1-5H3,(H,21,25)/t13-/m1/s1. The van der Waals surface area contributed by atoms with Crippen molar-refractivity contribution in [2.45, 2.75) is 26.4 Å².